The van der Waals surface area contributed by atoms with Gasteiger partial charge in [0.05, 0.1) is 30.3 Å². The maximum absolute atomic E-state index is 13.0. The number of methoxy groups -OCH3 is 1. The van der Waals surface area contributed by atoms with Gasteiger partial charge in [-0.15, -0.1) is 0 Å². The van der Waals surface area contributed by atoms with Crippen LogP contribution >= 0.6 is 0 Å². The number of para-hydroxylation sites is 1. The van der Waals surface area contributed by atoms with E-state index in [2.05, 4.69) is 27.9 Å². The molecule has 0 saturated heterocycles. The van der Waals surface area contributed by atoms with Crippen LogP contribution in [0.3, 0.4) is 0 Å². The second-order valence-corrected chi connectivity index (χ2v) is 8.35. The number of carbonyl (C=O) groups excluding carboxylic acids is 2. The number of amides is 2. The topological polar surface area (TPSA) is 92.4 Å². The monoisotopic (exact) mass is 446 g/mol. The van der Waals surface area contributed by atoms with Crippen molar-refractivity contribution in [1.29, 1.82) is 0 Å². The molecular weight excluding hydrogens is 416 g/mol. The lowest BCUT2D eigenvalue weighted by Crippen LogP contribution is -2.26. The van der Waals surface area contributed by atoms with E-state index in [0.29, 0.717) is 29.1 Å². The number of hydrogen-bond donors (Lipinski definition) is 3. The van der Waals surface area contributed by atoms with Crippen LogP contribution in [-0.4, -0.2) is 36.5 Å². The molecule has 3 aromatic rings. The van der Waals surface area contributed by atoms with Crippen LogP contribution < -0.4 is 20.7 Å². The summed E-state index contributed by atoms with van der Waals surface area (Å²) in [5.74, 6) is 0.385. The highest BCUT2D eigenvalue weighted by atomic mass is 16.5. The molecule has 7 heteroatoms. The zero-order valence-electron chi connectivity index (χ0n) is 19.1. The van der Waals surface area contributed by atoms with Crippen molar-refractivity contribution in [2.24, 2.45) is 0 Å². The second-order valence-electron chi connectivity index (χ2n) is 8.35. The first-order chi connectivity index (χ1) is 16.1. The minimum Gasteiger partial charge on any atom is -0.496 e. The molecule has 0 atom stereocenters. The zero-order chi connectivity index (χ0) is 23.2. The molecule has 1 saturated carbocycles. The summed E-state index contributed by atoms with van der Waals surface area (Å²) < 4.78 is 5.56. The third-order valence-electron chi connectivity index (χ3n) is 5.67. The van der Waals surface area contributed by atoms with Crippen molar-refractivity contribution in [3.05, 3.63) is 59.8 Å². The number of nitrogens with zero attached hydrogens (tertiary/aromatic N) is 1. The molecular formula is C26H30N4O3. The van der Waals surface area contributed by atoms with Crippen molar-refractivity contribution < 1.29 is 14.3 Å². The standard InChI is InChI=1S/C26H30N4O3/c1-3-4-12-27-24(31)14-17-13-20-22(15-23(17)33-2)28-16-21(26(32)30-19-10-11-19)25(20)29-18-8-6-5-7-9-18/h5-9,13,15-16,19H,3-4,10-12,14H2,1-2H3,(H,27,31)(H,28,29)(H,30,32). The number of unbranched alkanes of at least 4 members (excludes halogenated alkanes) is 1. The van der Waals surface area contributed by atoms with E-state index in [0.717, 1.165) is 42.3 Å². The number of fused-ring (bicyclic) bond motifs is 1. The van der Waals surface area contributed by atoms with Gasteiger partial charge < -0.3 is 20.7 Å². The van der Waals surface area contributed by atoms with Crippen molar-refractivity contribution in [3.8, 4) is 5.75 Å². The van der Waals surface area contributed by atoms with Gasteiger partial charge in [-0.25, -0.2) is 0 Å². The Labute approximate surface area is 193 Å². The number of aromatic nitrogens is 1. The Bertz CT molecular complexity index is 1140. The Balaban J connectivity index is 1.75. The van der Waals surface area contributed by atoms with E-state index in [1.807, 2.05) is 42.5 Å². The lowest BCUT2D eigenvalue weighted by molar-refractivity contribution is -0.120. The van der Waals surface area contributed by atoms with Gasteiger partial charge in [0.1, 0.15) is 5.75 Å². The molecule has 1 heterocycles. The van der Waals surface area contributed by atoms with Crippen molar-refractivity contribution in [2.75, 3.05) is 19.0 Å². The van der Waals surface area contributed by atoms with Gasteiger partial charge in [0.15, 0.2) is 0 Å². The van der Waals surface area contributed by atoms with Gasteiger partial charge in [0.25, 0.3) is 5.91 Å². The van der Waals surface area contributed by atoms with Gasteiger partial charge in [-0.1, -0.05) is 31.5 Å². The Hall–Kier alpha value is -3.61. The van der Waals surface area contributed by atoms with Gasteiger partial charge in [-0.3, -0.25) is 14.6 Å². The normalized spacial score (nSPS) is 12.9. The third-order valence-corrected chi connectivity index (χ3v) is 5.67. The number of rotatable bonds is 10. The highest BCUT2D eigenvalue weighted by molar-refractivity contribution is 6.08. The number of nitrogens with one attached hydrogen (secondary N) is 3. The summed E-state index contributed by atoms with van der Waals surface area (Å²) >= 11 is 0. The first-order valence-electron chi connectivity index (χ1n) is 11.5. The Morgan fingerprint density at radius 3 is 2.64 bits per heavy atom. The highest BCUT2D eigenvalue weighted by Gasteiger charge is 2.26. The molecule has 33 heavy (non-hydrogen) atoms. The summed E-state index contributed by atoms with van der Waals surface area (Å²) in [5, 5.41) is 10.2. The molecule has 0 unspecified atom stereocenters. The van der Waals surface area contributed by atoms with Gasteiger partial charge in [-0.2, -0.15) is 0 Å². The minimum absolute atomic E-state index is 0.0609. The molecule has 2 aromatic carbocycles. The Morgan fingerprint density at radius 2 is 1.94 bits per heavy atom. The molecule has 3 N–H and O–H groups in total. The van der Waals surface area contributed by atoms with E-state index in [9.17, 15) is 9.59 Å². The van der Waals surface area contributed by atoms with Crippen LogP contribution in [-0.2, 0) is 11.2 Å². The van der Waals surface area contributed by atoms with E-state index >= 15 is 0 Å². The molecule has 4 rings (SSSR count). The van der Waals surface area contributed by atoms with Crippen LogP contribution in [0.2, 0.25) is 0 Å². The molecule has 1 aliphatic rings. The van der Waals surface area contributed by atoms with Crippen molar-refractivity contribution in [3.63, 3.8) is 0 Å². The molecule has 0 aliphatic heterocycles. The average Bonchev–Trinajstić information content (AvgIpc) is 3.63. The molecule has 2 amide bonds. The molecule has 7 nitrogen and oxygen atoms in total. The summed E-state index contributed by atoms with van der Waals surface area (Å²) in [4.78, 5) is 30.1. The van der Waals surface area contributed by atoms with Crippen LogP contribution in [0.15, 0.2) is 48.7 Å². The van der Waals surface area contributed by atoms with Crippen LogP contribution in [0, 0.1) is 0 Å². The quantitative estimate of drug-likeness (QED) is 0.403. The Morgan fingerprint density at radius 1 is 1.15 bits per heavy atom. The van der Waals surface area contributed by atoms with E-state index in [4.69, 9.17) is 4.74 Å². The summed E-state index contributed by atoms with van der Waals surface area (Å²) in [7, 11) is 1.58. The number of pyridine rings is 1. The SMILES string of the molecule is CCCCNC(=O)Cc1cc2c(Nc3ccccc3)c(C(=O)NC3CC3)cnc2cc1OC. The first-order valence-corrected chi connectivity index (χ1v) is 11.5. The molecule has 0 radical (unpaired) electrons. The smallest absolute Gasteiger partial charge is 0.255 e. The number of ether oxygens (including phenoxy) is 1. The fourth-order valence-electron chi connectivity index (χ4n) is 3.70. The third kappa shape index (κ3) is 5.61. The lowest BCUT2D eigenvalue weighted by Gasteiger charge is -2.17. The van der Waals surface area contributed by atoms with Gasteiger partial charge in [0.2, 0.25) is 5.91 Å². The summed E-state index contributed by atoms with van der Waals surface area (Å²) in [6, 6.07) is 13.7. The van der Waals surface area contributed by atoms with Crippen LogP contribution in [0.5, 0.6) is 5.75 Å². The average molecular weight is 447 g/mol. The molecule has 172 valence electrons. The largest absolute Gasteiger partial charge is 0.496 e. The number of carbonyl (C=O) groups is 2. The van der Waals surface area contributed by atoms with Crippen molar-refractivity contribution in [2.45, 2.75) is 45.1 Å². The zero-order valence-corrected chi connectivity index (χ0v) is 19.1. The Kier molecular flexibility index (Phi) is 7.07. The van der Waals surface area contributed by atoms with E-state index in [1.165, 1.54) is 0 Å². The van der Waals surface area contributed by atoms with E-state index < -0.39 is 0 Å². The second kappa shape index (κ2) is 10.3. The summed E-state index contributed by atoms with van der Waals surface area (Å²) in [5.41, 5.74) is 3.43. The molecule has 1 aliphatic carbocycles. The van der Waals surface area contributed by atoms with Crippen molar-refractivity contribution >= 4 is 34.1 Å². The molecule has 0 spiro atoms. The van der Waals surface area contributed by atoms with Gasteiger partial charge in [0, 0.05) is 41.5 Å². The van der Waals surface area contributed by atoms with Gasteiger partial charge in [-0.05, 0) is 37.5 Å². The minimum atomic E-state index is -0.153. The summed E-state index contributed by atoms with van der Waals surface area (Å²) in [6.45, 7) is 2.74. The fourth-order valence-corrected chi connectivity index (χ4v) is 3.70. The van der Waals surface area contributed by atoms with Crippen molar-refractivity contribution in [1.82, 2.24) is 15.6 Å². The lowest BCUT2D eigenvalue weighted by atomic mass is 10.0. The predicted molar refractivity (Wildman–Crippen MR) is 130 cm³/mol. The van der Waals surface area contributed by atoms with E-state index in [-0.39, 0.29) is 24.3 Å². The van der Waals surface area contributed by atoms with Gasteiger partial charge >= 0.3 is 0 Å². The first kappa shape index (κ1) is 22.6. The number of benzene rings is 2. The summed E-state index contributed by atoms with van der Waals surface area (Å²) in [6.07, 6.45) is 5.75. The number of anilines is 2. The maximum atomic E-state index is 13.0. The van der Waals surface area contributed by atoms with Crippen LogP contribution in [0.4, 0.5) is 11.4 Å². The maximum Gasteiger partial charge on any atom is 0.255 e. The van der Waals surface area contributed by atoms with Crippen LogP contribution in [0.1, 0.15) is 48.5 Å². The molecule has 1 aromatic heterocycles. The number of hydrogen-bond acceptors (Lipinski definition) is 5. The highest BCUT2D eigenvalue weighted by Crippen LogP contribution is 2.34. The predicted octanol–water partition coefficient (Wildman–Crippen LogP) is 4.34. The van der Waals surface area contributed by atoms with E-state index in [1.54, 1.807) is 13.3 Å². The molecule has 1 fully saturated rings. The molecule has 0 bridgehead atoms. The van der Waals surface area contributed by atoms with Crippen LogP contribution in [0.25, 0.3) is 10.9 Å². The fraction of sp³-hybridized carbons (Fsp3) is 0.346.